The van der Waals surface area contributed by atoms with Crippen LogP contribution in [-0.2, 0) is 6.42 Å². The van der Waals surface area contributed by atoms with Crippen molar-refractivity contribution in [3.8, 4) is 5.75 Å². The van der Waals surface area contributed by atoms with Crippen LogP contribution in [0.5, 0.6) is 5.75 Å². The van der Waals surface area contributed by atoms with Gasteiger partial charge in [0.2, 0.25) is 0 Å². The molecule has 0 bridgehead atoms. The van der Waals surface area contributed by atoms with E-state index in [1.165, 1.54) is 16.7 Å². The van der Waals surface area contributed by atoms with E-state index in [9.17, 15) is 5.11 Å². The molecule has 2 aliphatic rings. The molecule has 0 atom stereocenters. The quantitative estimate of drug-likeness (QED) is 0.749. The maximum Gasteiger partial charge on any atom is 0.124 e. The fourth-order valence-electron chi connectivity index (χ4n) is 3.35. The number of hydrogen-bond acceptors (Lipinski definition) is 1. The smallest absolute Gasteiger partial charge is 0.124 e. The van der Waals surface area contributed by atoms with Gasteiger partial charge in [-0.25, -0.2) is 0 Å². The van der Waals surface area contributed by atoms with E-state index in [1.807, 2.05) is 6.08 Å². The molecular weight excluding hydrogens is 244 g/mol. The topological polar surface area (TPSA) is 20.2 Å². The first-order valence-electron chi connectivity index (χ1n) is 7.44. The molecule has 0 amide bonds. The molecule has 0 fully saturated rings. The lowest BCUT2D eigenvalue weighted by atomic mass is 9.79. The van der Waals surface area contributed by atoms with Gasteiger partial charge in [0, 0.05) is 17.0 Å². The van der Waals surface area contributed by atoms with Crippen molar-refractivity contribution in [2.24, 2.45) is 0 Å². The standard InChI is InChI=1S/C19H22O/c1-5-14-15-9-6-12(4)10-16(15)17(11(2)3)19(20)18(14)13-7-8-13/h5,7-8,10-11,13,20H,1,6,9H2,2-4H3. The number of fused-ring (bicyclic) bond motifs is 1. The molecule has 0 saturated carbocycles. The van der Waals surface area contributed by atoms with Crippen LogP contribution in [0.25, 0.3) is 12.2 Å². The van der Waals surface area contributed by atoms with Gasteiger partial charge >= 0.3 is 0 Å². The lowest BCUT2D eigenvalue weighted by molar-refractivity contribution is 0.457. The van der Waals surface area contributed by atoms with E-state index < -0.39 is 0 Å². The average Bonchev–Trinajstić information content (AvgIpc) is 3.20. The molecule has 0 aromatic heterocycles. The predicted octanol–water partition coefficient (Wildman–Crippen LogP) is 5.16. The Morgan fingerprint density at radius 1 is 1.30 bits per heavy atom. The Morgan fingerprint density at radius 2 is 2.00 bits per heavy atom. The summed E-state index contributed by atoms with van der Waals surface area (Å²) in [5.41, 5.74) is 7.33. The van der Waals surface area contributed by atoms with Gasteiger partial charge in [-0.1, -0.05) is 50.3 Å². The molecule has 0 aliphatic heterocycles. The minimum absolute atomic E-state index is 0.304. The molecule has 1 heteroatoms. The van der Waals surface area contributed by atoms with Crippen molar-refractivity contribution in [2.75, 3.05) is 0 Å². The SMILES string of the molecule is C=Cc1c2c(c(C(C)C)c(O)c1C1C=C1)C=C(C)CC2. The lowest BCUT2D eigenvalue weighted by Gasteiger charge is -2.26. The van der Waals surface area contributed by atoms with Crippen LogP contribution in [0, 0.1) is 0 Å². The minimum atomic E-state index is 0.304. The summed E-state index contributed by atoms with van der Waals surface area (Å²) in [5, 5.41) is 10.8. The second-order valence-corrected chi connectivity index (χ2v) is 6.24. The minimum Gasteiger partial charge on any atom is -0.507 e. The van der Waals surface area contributed by atoms with Crippen molar-refractivity contribution >= 4 is 12.2 Å². The largest absolute Gasteiger partial charge is 0.507 e. The molecule has 0 radical (unpaired) electrons. The van der Waals surface area contributed by atoms with Crippen LogP contribution in [0.2, 0.25) is 0 Å². The van der Waals surface area contributed by atoms with Gasteiger partial charge in [0.25, 0.3) is 0 Å². The molecule has 2 aliphatic carbocycles. The Morgan fingerprint density at radius 3 is 2.55 bits per heavy atom. The number of allylic oxidation sites excluding steroid dienone is 3. The van der Waals surface area contributed by atoms with E-state index in [2.05, 4.69) is 45.6 Å². The Balaban J connectivity index is 2.36. The maximum atomic E-state index is 10.8. The number of rotatable bonds is 3. The van der Waals surface area contributed by atoms with Crippen LogP contribution in [0.4, 0.5) is 0 Å². The molecule has 0 spiro atoms. The van der Waals surface area contributed by atoms with E-state index in [1.54, 1.807) is 0 Å². The molecule has 1 nitrogen and oxygen atoms in total. The fraction of sp³-hybridized carbons (Fsp3) is 0.368. The number of hydrogen-bond donors (Lipinski definition) is 1. The summed E-state index contributed by atoms with van der Waals surface area (Å²) in [4.78, 5) is 0. The second kappa shape index (κ2) is 4.66. The van der Waals surface area contributed by atoms with Crippen LogP contribution in [0.3, 0.4) is 0 Å². The van der Waals surface area contributed by atoms with Gasteiger partial charge in [-0.3, -0.25) is 0 Å². The van der Waals surface area contributed by atoms with E-state index >= 15 is 0 Å². The summed E-state index contributed by atoms with van der Waals surface area (Å²) >= 11 is 0. The van der Waals surface area contributed by atoms with Gasteiger partial charge in [0.15, 0.2) is 0 Å². The summed E-state index contributed by atoms with van der Waals surface area (Å²) in [6.45, 7) is 10.5. The Hall–Kier alpha value is -1.76. The summed E-state index contributed by atoms with van der Waals surface area (Å²) in [6, 6.07) is 0. The van der Waals surface area contributed by atoms with Crippen molar-refractivity contribution < 1.29 is 5.11 Å². The molecule has 104 valence electrons. The molecule has 1 aromatic carbocycles. The highest BCUT2D eigenvalue weighted by Crippen LogP contribution is 2.47. The molecule has 1 N–H and O–H groups in total. The molecule has 0 unspecified atom stereocenters. The predicted molar refractivity (Wildman–Crippen MR) is 86.1 cm³/mol. The van der Waals surface area contributed by atoms with Crippen LogP contribution >= 0.6 is 0 Å². The number of phenols is 1. The number of benzene rings is 1. The second-order valence-electron chi connectivity index (χ2n) is 6.24. The molecule has 3 rings (SSSR count). The van der Waals surface area contributed by atoms with Gasteiger partial charge in [0.05, 0.1) is 0 Å². The lowest BCUT2D eigenvalue weighted by Crippen LogP contribution is -2.09. The van der Waals surface area contributed by atoms with Crippen LogP contribution in [0.15, 0.2) is 24.3 Å². The van der Waals surface area contributed by atoms with Gasteiger partial charge < -0.3 is 5.11 Å². The van der Waals surface area contributed by atoms with Crippen LogP contribution < -0.4 is 0 Å². The van der Waals surface area contributed by atoms with E-state index in [0.717, 1.165) is 29.5 Å². The third-order valence-corrected chi connectivity index (χ3v) is 4.40. The Labute approximate surface area is 121 Å². The third-order valence-electron chi connectivity index (χ3n) is 4.40. The monoisotopic (exact) mass is 266 g/mol. The maximum absolute atomic E-state index is 10.8. The normalized spacial score (nSPS) is 17.1. The van der Waals surface area contributed by atoms with Crippen molar-refractivity contribution in [3.05, 3.63) is 52.1 Å². The van der Waals surface area contributed by atoms with Crippen molar-refractivity contribution in [3.63, 3.8) is 0 Å². The zero-order valence-corrected chi connectivity index (χ0v) is 12.5. The summed E-state index contributed by atoms with van der Waals surface area (Å²) < 4.78 is 0. The highest BCUT2D eigenvalue weighted by molar-refractivity contribution is 5.77. The zero-order chi connectivity index (χ0) is 14.4. The molecular formula is C19H22O. The highest BCUT2D eigenvalue weighted by Gasteiger charge is 2.29. The average molecular weight is 266 g/mol. The summed E-state index contributed by atoms with van der Waals surface area (Å²) in [5.74, 6) is 1.11. The summed E-state index contributed by atoms with van der Waals surface area (Å²) in [6.07, 6.45) is 10.6. The fourth-order valence-corrected chi connectivity index (χ4v) is 3.35. The molecule has 20 heavy (non-hydrogen) atoms. The van der Waals surface area contributed by atoms with E-state index in [4.69, 9.17) is 0 Å². The first-order valence-corrected chi connectivity index (χ1v) is 7.44. The van der Waals surface area contributed by atoms with Gasteiger partial charge in [-0.05, 0) is 42.4 Å². The van der Waals surface area contributed by atoms with E-state index in [0.29, 0.717) is 17.6 Å². The van der Waals surface area contributed by atoms with Gasteiger partial charge in [-0.2, -0.15) is 0 Å². The first kappa shape index (κ1) is 13.2. The Kier molecular flexibility index (Phi) is 3.08. The van der Waals surface area contributed by atoms with Crippen molar-refractivity contribution in [1.29, 1.82) is 0 Å². The van der Waals surface area contributed by atoms with Crippen molar-refractivity contribution in [1.82, 2.24) is 0 Å². The third kappa shape index (κ3) is 1.93. The molecule has 0 heterocycles. The molecule has 1 aromatic rings. The molecule has 0 saturated heterocycles. The zero-order valence-electron chi connectivity index (χ0n) is 12.5. The first-order chi connectivity index (χ1) is 9.54. The number of phenolic OH excluding ortho intramolecular Hbond substituents is 1. The summed E-state index contributed by atoms with van der Waals surface area (Å²) in [7, 11) is 0. The van der Waals surface area contributed by atoms with Gasteiger partial charge in [-0.15, -0.1) is 0 Å². The highest BCUT2D eigenvalue weighted by atomic mass is 16.3. The van der Waals surface area contributed by atoms with Crippen LogP contribution in [0.1, 0.15) is 66.8 Å². The Bertz CT molecular complexity index is 638. The van der Waals surface area contributed by atoms with E-state index in [-0.39, 0.29) is 0 Å². The van der Waals surface area contributed by atoms with Crippen molar-refractivity contribution in [2.45, 2.75) is 45.4 Å². The van der Waals surface area contributed by atoms with Gasteiger partial charge in [0.1, 0.15) is 5.75 Å². The van der Waals surface area contributed by atoms with Crippen LogP contribution in [-0.4, -0.2) is 5.11 Å². The number of aromatic hydroxyl groups is 1.